The van der Waals surface area contributed by atoms with E-state index in [-0.39, 0.29) is 23.3 Å². The summed E-state index contributed by atoms with van der Waals surface area (Å²) < 4.78 is 3.45. The molecule has 0 saturated carbocycles. The predicted octanol–water partition coefficient (Wildman–Crippen LogP) is -0.452. The Morgan fingerprint density at radius 1 is 1.15 bits per heavy atom. The number of halogens is 1. The van der Waals surface area contributed by atoms with Crippen LogP contribution < -0.4 is 22.1 Å². The monoisotopic (exact) mass is 390 g/mol. The van der Waals surface area contributed by atoms with Gasteiger partial charge in [-0.05, 0) is 18.2 Å². The minimum absolute atomic E-state index is 0.107. The van der Waals surface area contributed by atoms with Gasteiger partial charge in [-0.2, -0.15) is 0 Å². The summed E-state index contributed by atoms with van der Waals surface area (Å²) in [6.07, 6.45) is 1.28. The lowest BCUT2D eigenvalue weighted by Gasteiger charge is -2.09. The first-order valence-corrected chi connectivity index (χ1v) is 8.13. The summed E-state index contributed by atoms with van der Waals surface area (Å²) in [7, 11) is 2.82. The van der Waals surface area contributed by atoms with E-state index >= 15 is 0 Å². The molecule has 1 aromatic carbocycles. The number of carbonyl (C=O) groups excluding carboxylic acids is 2. The number of fused-ring (bicyclic) bond motifs is 1. The van der Waals surface area contributed by atoms with Crippen molar-refractivity contribution < 1.29 is 9.59 Å². The summed E-state index contributed by atoms with van der Waals surface area (Å²) >= 11 is 5.82. The number of benzene rings is 1. The van der Waals surface area contributed by atoms with Crippen LogP contribution in [0.1, 0.15) is 10.4 Å². The Morgan fingerprint density at radius 3 is 2.59 bits per heavy atom. The molecule has 0 unspecified atom stereocenters. The fourth-order valence-electron chi connectivity index (χ4n) is 2.54. The van der Waals surface area contributed by atoms with E-state index in [0.717, 1.165) is 4.57 Å². The number of carbonyl (C=O) groups is 2. The van der Waals surface area contributed by atoms with Crippen LogP contribution in [0.3, 0.4) is 0 Å². The first kappa shape index (κ1) is 18.4. The smallest absolute Gasteiger partial charge is 0.315 e. The highest BCUT2D eigenvalue weighted by molar-refractivity contribution is 6.30. The number of imidazole rings is 1. The van der Waals surface area contributed by atoms with E-state index in [1.54, 1.807) is 18.2 Å². The number of hydrazine groups is 1. The van der Waals surface area contributed by atoms with Crippen molar-refractivity contribution in [3.05, 3.63) is 62.0 Å². The maximum absolute atomic E-state index is 12.3. The van der Waals surface area contributed by atoms with Gasteiger partial charge in [0.2, 0.25) is 0 Å². The Labute approximate surface area is 157 Å². The van der Waals surface area contributed by atoms with Gasteiger partial charge in [-0.3, -0.25) is 34.4 Å². The van der Waals surface area contributed by atoms with E-state index in [2.05, 4.69) is 15.8 Å². The molecule has 2 amide bonds. The third-order valence-electron chi connectivity index (χ3n) is 3.93. The van der Waals surface area contributed by atoms with Gasteiger partial charge in [0.15, 0.2) is 11.2 Å². The minimum Gasteiger partial charge on any atom is -0.315 e. The lowest BCUT2D eigenvalue weighted by atomic mass is 10.2. The second-order valence-corrected chi connectivity index (χ2v) is 6.20. The summed E-state index contributed by atoms with van der Waals surface area (Å²) in [5, 5.41) is 0.389. The number of hydrogen-bond donors (Lipinski definition) is 2. The molecule has 0 saturated heterocycles. The molecule has 11 heteroatoms. The first-order valence-electron chi connectivity index (χ1n) is 7.75. The topological polar surface area (TPSA) is 120 Å². The zero-order valence-corrected chi connectivity index (χ0v) is 15.1. The Hall–Kier alpha value is -3.40. The van der Waals surface area contributed by atoms with Gasteiger partial charge in [-0.25, -0.2) is 9.78 Å². The molecule has 0 radical (unpaired) electrons. The zero-order valence-electron chi connectivity index (χ0n) is 14.4. The molecule has 2 aromatic heterocycles. The van der Waals surface area contributed by atoms with Gasteiger partial charge < -0.3 is 4.57 Å². The van der Waals surface area contributed by atoms with E-state index in [1.807, 2.05) is 0 Å². The minimum atomic E-state index is -0.583. The molecule has 0 aliphatic heterocycles. The van der Waals surface area contributed by atoms with Crippen molar-refractivity contribution in [3.8, 4) is 0 Å². The first-order chi connectivity index (χ1) is 12.8. The molecule has 3 rings (SSSR count). The highest BCUT2D eigenvalue weighted by Gasteiger charge is 2.16. The average molecular weight is 391 g/mol. The predicted molar refractivity (Wildman–Crippen MR) is 97.3 cm³/mol. The molecule has 27 heavy (non-hydrogen) atoms. The Bertz CT molecular complexity index is 1180. The summed E-state index contributed by atoms with van der Waals surface area (Å²) in [5.41, 5.74) is 3.98. The molecule has 0 spiro atoms. The van der Waals surface area contributed by atoms with Gasteiger partial charge in [-0.1, -0.05) is 17.7 Å². The van der Waals surface area contributed by atoms with Crippen molar-refractivity contribution in [3.63, 3.8) is 0 Å². The van der Waals surface area contributed by atoms with Crippen LogP contribution in [0, 0.1) is 0 Å². The van der Waals surface area contributed by atoms with Crippen molar-refractivity contribution in [2.45, 2.75) is 6.54 Å². The number of nitrogens with zero attached hydrogens (tertiary/aromatic N) is 4. The Morgan fingerprint density at radius 2 is 1.89 bits per heavy atom. The second kappa shape index (κ2) is 7.08. The lowest BCUT2D eigenvalue weighted by molar-refractivity contribution is -0.122. The van der Waals surface area contributed by atoms with Crippen LogP contribution in [-0.2, 0) is 25.4 Å². The van der Waals surface area contributed by atoms with Crippen LogP contribution in [0.2, 0.25) is 5.02 Å². The van der Waals surface area contributed by atoms with Crippen molar-refractivity contribution in [1.82, 2.24) is 29.5 Å². The van der Waals surface area contributed by atoms with Gasteiger partial charge in [0, 0.05) is 24.7 Å². The standard InChI is InChI=1S/C16H15ClN6O4/c1-21-13-12(15(26)22(2)16(21)27)23(8-18-13)7-11(24)19-20-14(25)9-4-3-5-10(17)6-9/h3-6,8H,7H2,1-2H3,(H,19,24)(H,20,25). The third kappa shape index (κ3) is 3.47. The van der Waals surface area contributed by atoms with E-state index in [9.17, 15) is 19.2 Å². The quantitative estimate of drug-likeness (QED) is 0.587. The van der Waals surface area contributed by atoms with Crippen LogP contribution in [0.5, 0.6) is 0 Å². The summed E-state index contributed by atoms with van der Waals surface area (Å²) in [4.78, 5) is 52.4. The second-order valence-electron chi connectivity index (χ2n) is 5.76. The summed E-state index contributed by atoms with van der Waals surface area (Å²) in [6, 6.07) is 6.23. The van der Waals surface area contributed by atoms with Gasteiger partial charge in [-0.15, -0.1) is 0 Å². The molecule has 0 aliphatic carbocycles. The SMILES string of the molecule is Cn1c(=O)c2c(ncn2CC(=O)NNC(=O)c2cccc(Cl)c2)n(C)c1=O. The number of aryl methyl sites for hydroxylation is 1. The molecule has 140 valence electrons. The van der Waals surface area contributed by atoms with Gasteiger partial charge >= 0.3 is 5.69 Å². The fraction of sp³-hybridized carbons (Fsp3) is 0.188. The normalized spacial score (nSPS) is 10.8. The summed E-state index contributed by atoms with van der Waals surface area (Å²) in [5.74, 6) is -1.12. The van der Waals surface area contributed by atoms with Crippen LogP contribution in [0.4, 0.5) is 0 Å². The fourth-order valence-corrected chi connectivity index (χ4v) is 2.73. The van der Waals surface area contributed by atoms with E-state index in [1.165, 1.54) is 35.6 Å². The molecular weight excluding hydrogens is 376 g/mol. The number of nitrogens with one attached hydrogen (secondary N) is 2. The number of aromatic nitrogens is 4. The average Bonchev–Trinajstić information content (AvgIpc) is 3.06. The van der Waals surface area contributed by atoms with E-state index in [4.69, 9.17) is 11.6 Å². The molecule has 0 atom stereocenters. The van der Waals surface area contributed by atoms with E-state index < -0.39 is 23.1 Å². The molecule has 0 bridgehead atoms. The van der Waals surface area contributed by atoms with E-state index in [0.29, 0.717) is 5.02 Å². The summed E-state index contributed by atoms with van der Waals surface area (Å²) in [6.45, 7) is -0.278. The van der Waals surface area contributed by atoms with Gasteiger partial charge in [0.05, 0.1) is 6.33 Å². The van der Waals surface area contributed by atoms with Crippen LogP contribution >= 0.6 is 11.6 Å². The third-order valence-corrected chi connectivity index (χ3v) is 4.17. The van der Waals surface area contributed by atoms with Crippen molar-refractivity contribution >= 4 is 34.6 Å². The number of amides is 2. The van der Waals surface area contributed by atoms with Gasteiger partial charge in [0.25, 0.3) is 17.4 Å². The molecule has 0 aliphatic rings. The van der Waals surface area contributed by atoms with Crippen LogP contribution in [-0.4, -0.2) is 30.5 Å². The highest BCUT2D eigenvalue weighted by Crippen LogP contribution is 2.10. The molecule has 0 fully saturated rings. The molecule has 2 N–H and O–H groups in total. The molecule has 10 nitrogen and oxygen atoms in total. The number of hydrogen-bond acceptors (Lipinski definition) is 5. The maximum atomic E-state index is 12.3. The molecule has 2 heterocycles. The Balaban J connectivity index is 1.76. The molecular formula is C16H15ClN6O4. The highest BCUT2D eigenvalue weighted by atomic mass is 35.5. The van der Waals surface area contributed by atoms with Crippen molar-refractivity contribution in [2.24, 2.45) is 14.1 Å². The zero-order chi connectivity index (χ0) is 19.7. The lowest BCUT2D eigenvalue weighted by Crippen LogP contribution is -2.43. The molecule has 3 aromatic rings. The van der Waals surface area contributed by atoms with Gasteiger partial charge in [0.1, 0.15) is 6.54 Å². The number of rotatable bonds is 3. The Kier molecular flexibility index (Phi) is 4.82. The van der Waals surface area contributed by atoms with Crippen LogP contribution in [0.15, 0.2) is 40.2 Å². The maximum Gasteiger partial charge on any atom is 0.332 e. The van der Waals surface area contributed by atoms with Crippen molar-refractivity contribution in [2.75, 3.05) is 0 Å². The largest absolute Gasteiger partial charge is 0.332 e. The van der Waals surface area contributed by atoms with Crippen molar-refractivity contribution in [1.29, 1.82) is 0 Å². The van der Waals surface area contributed by atoms with Crippen LogP contribution in [0.25, 0.3) is 11.2 Å².